The predicted octanol–water partition coefficient (Wildman–Crippen LogP) is 21.0. The van der Waals surface area contributed by atoms with Crippen molar-refractivity contribution in [3.8, 4) is 0 Å². The molecular formula is C68H110CaO6S2. The third kappa shape index (κ3) is 32.1. The molecule has 0 aromatic heterocycles. The molecule has 9 heteroatoms. The minimum atomic E-state index is -4.53. The largest absolute Gasteiger partial charge is 2.00 e. The van der Waals surface area contributed by atoms with Gasteiger partial charge >= 0.3 is 37.7 Å². The fraction of sp³-hybridized carbons (Fsp3) is 0.706. The molecule has 0 aliphatic rings. The van der Waals surface area contributed by atoms with Crippen molar-refractivity contribution in [3.05, 3.63) is 82.9 Å². The van der Waals surface area contributed by atoms with Crippen molar-refractivity contribution in [1.82, 2.24) is 0 Å². The second-order valence-corrected chi connectivity index (χ2v) is 25.5. The Kier molecular flexibility index (Phi) is 41.9. The number of unbranched alkanes of at least 4 members (excludes halogenated alkanes) is 36. The van der Waals surface area contributed by atoms with Crippen LogP contribution >= 0.6 is 0 Å². The molecule has 0 N–H and O–H groups in total. The molecular weight excluding hydrogens is 1020 g/mol. The van der Waals surface area contributed by atoms with Crippen LogP contribution in [0.3, 0.4) is 0 Å². The van der Waals surface area contributed by atoms with Crippen molar-refractivity contribution < 1.29 is 25.9 Å². The molecule has 6 nitrogen and oxygen atoms in total. The van der Waals surface area contributed by atoms with E-state index >= 15 is 0 Å². The Morgan fingerprint density at radius 2 is 0.494 bits per heavy atom. The summed E-state index contributed by atoms with van der Waals surface area (Å²) in [5.74, 6) is 0. The molecule has 4 aromatic rings. The average Bonchev–Trinajstić information content (AvgIpc) is 3.39. The monoisotopic (exact) mass is 1130 g/mol. The van der Waals surface area contributed by atoms with E-state index in [-0.39, 0.29) is 47.5 Å². The summed E-state index contributed by atoms with van der Waals surface area (Å²) in [7, 11) is -9.07. The normalized spacial score (nSPS) is 11.8. The third-order valence-corrected chi connectivity index (χ3v) is 17.9. The SMILES string of the molecule is CCCCCCCCCCCCc1ccc2ccc(CCCCCCCCCCCC)c(S(=O)(=O)[O-])c2c1.CCCCCCCCCCCCc1ccc2ccc(CCCCCCCCCCCC)c(S(=O)(=O)[O-])c2c1.[Ca+2]. The zero-order valence-electron chi connectivity index (χ0n) is 49.9. The van der Waals surface area contributed by atoms with Gasteiger partial charge in [0.05, 0.1) is 9.79 Å². The fourth-order valence-corrected chi connectivity index (χ4v) is 13.2. The first kappa shape index (κ1) is 71.6. The van der Waals surface area contributed by atoms with Crippen molar-refractivity contribution in [3.63, 3.8) is 0 Å². The van der Waals surface area contributed by atoms with Gasteiger partial charge in [0.1, 0.15) is 20.2 Å². The van der Waals surface area contributed by atoms with E-state index in [1.807, 2.05) is 48.5 Å². The molecule has 0 unspecified atom stereocenters. The first-order valence-electron chi connectivity index (χ1n) is 31.9. The van der Waals surface area contributed by atoms with Crippen LogP contribution in [0.4, 0.5) is 0 Å². The second-order valence-electron chi connectivity index (χ2n) is 22.9. The van der Waals surface area contributed by atoms with Gasteiger partial charge in [-0.05, 0) is 107 Å². The van der Waals surface area contributed by atoms with E-state index < -0.39 is 20.2 Å². The van der Waals surface area contributed by atoms with Gasteiger partial charge in [-0.3, -0.25) is 0 Å². The van der Waals surface area contributed by atoms with Gasteiger partial charge in [-0.2, -0.15) is 0 Å². The van der Waals surface area contributed by atoms with Gasteiger partial charge in [0.15, 0.2) is 0 Å². The molecule has 0 atom stereocenters. The first-order chi connectivity index (χ1) is 36.9. The maximum absolute atomic E-state index is 12.3. The molecule has 0 fully saturated rings. The Hall–Kier alpha value is -1.52. The van der Waals surface area contributed by atoms with Crippen LogP contribution in [0.25, 0.3) is 21.5 Å². The number of hydrogen-bond acceptors (Lipinski definition) is 6. The number of hydrogen-bond donors (Lipinski definition) is 0. The van der Waals surface area contributed by atoms with E-state index in [0.717, 1.165) is 73.3 Å². The average molecular weight is 1130 g/mol. The summed E-state index contributed by atoms with van der Waals surface area (Å²) in [6, 6.07) is 19.8. The zero-order valence-corrected chi connectivity index (χ0v) is 53.7. The minimum Gasteiger partial charge on any atom is -0.744 e. The number of aryl methyl sites for hydroxylation is 4. The Morgan fingerprint density at radius 1 is 0.286 bits per heavy atom. The third-order valence-electron chi connectivity index (χ3n) is 16.0. The summed E-state index contributed by atoms with van der Waals surface area (Å²) < 4.78 is 74.1. The Morgan fingerprint density at radius 3 is 0.727 bits per heavy atom. The predicted molar refractivity (Wildman–Crippen MR) is 332 cm³/mol. The van der Waals surface area contributed by atoms with Crippen LogP contribution in [-0.4, -0.2) is 63.7 Å². The van der Waals surface area contributed by atoms with E-state index in [0.29, 0.717) is 34.7 Å². The van der Waals surface area contributed by atoms with Crippen LogP contribution in [0.5, 0.6) is 0 Å². The van der Waals surface area contributed by atoms with Crippen LogP contribution in [0.15, 0.2) is 70.5 Å². The molecule has 0 bridgehead atoms. The summed E-state index contributed by atoms with van der Waals surface area (Å²) in [5, 5.41) is 2.93. The van der Waals surface area contributed by atoms with Gasteiger partial charge in [-0.1, -0.05) is 307 Å². The topological polar surface area (TPSA) is 114 Å². The summed E-state index contributed by atoms with van der Waals surface area (Å²) in [5.41, 5.74) is 3.67. The molecule has 0 saturated carbocycles. The number of rotatable bonds is 46. The molecule has 4 aromatic carbocycles. The quantitative estimate of drug-likeness (QED) is 0.0247. The molecule has 0 heterocycles. The summed E-state index contributed by atoms with van der Waals surface area (Å²) in [4.78, 5) is 0.0479. The fourth-order valence-electron chi connectivity index (χ4n) is 11.3. The van der Waals surface area contributed by atoms with E-state index in [1.165, 1.54) is 218 Å². The van der Waals surface area contributed by atoms with E-state index in [9.17, 15) is 25.9 Å². The van der Waals surface area contributed by atoms with Crippen LogP contribution in [-0.2, 0) is 45.9 Å². The standard InChI is InChI=1S/2C34H56O3S.Ca/c2*1-3-5-7-9-11-13-15-17-19-21-23-30-25-26-31-27-28-32(34(33(31)29-30)38(35,36)37)24-22-20-18-16-14-12-10-8-6-4-2;/h2*25-29H,3-24H2,1-2H3,(H,35,36,37);/q;;+2/p-2. The molecule has 432 valence electrons. The Balaban J connectivity index is 0.000000520. The molecule has 0 amide bonds. The molecule has 0 spiro atoms. The molecule has 4 rings (SSSR count). The van der Waals surface area contributed by atoms with Crippen LogP contribution in [0.2, 0.25) is 0 Å². The molecule has 77 heavy (non-hydrogen) atoms. The summed E-state index contributed by atoms with van der Waals surface area (Å²) in [6.07, 6.45) is 54.0. The van der Waals surface area contributed by atoms with Crippen LogP contribution in [0, 0.1) is 0 Å². The summed E-state index contributed by atoms with van der Waals surface area (Å²) in [6.45, 7) is 9.01. The van der Waals surface area contributed by atoms with Crippen molar-refractivity contribution in [2.24, 2.45) is 0 Å². The van der Waals surface area contributed by atoms with Crippen LogP contribution in [0.1, 0.15) is 307 Å². The van der Waals surface area contributed by atoms with Gasteiger partial charge in [0, 0.05) is 0 Å². The van der Waals surface area contributed by atoms with Crippen molar-refractivity contribution in [2.75, 3.05) is 0 Å². The Bertz CT molecular complexity index is 2150. The minimum absolute atomic E-state index is 0. The number of benzene rings is 4. The van der Waals surface area contributed by atoms with E-state index in [4.69, 9.17) is 0 Å². The zero-order chi connectivity index (χ0) is 55.0. The van der Waals surface area contributed by atoms with Crippen LogP contribution < -0.4 is 0 Å². The maximum atomic E-state index is 12.3. The Labute approximate surface area is 504 Å². The molecule has 0 saturated heterocycles. The van der Waals surface area contributed by atoms with Crippen molar-refractivity contribution in [1.29, 1.82) is 0 Å². The summed E-state index contributed by atoms with van der Waals surface area (Å²) >= 11 is 0. The van der Waals surface area contributed by atoms with Gasteiger partial charge in [-0.25, -0.2) is 16.8 Å². The van der Waals surface area contributed by atoms with E-state index in [2.05, 4.69) is 39.8 Å². The smallest absolute Gasteiger partial charge is 0.744 e. The van der Waals surface area contributed by atoms with Gasteiger partial charge in [-0.15, -0.1) is 0 Å². The second kappa shape index (κ2) is 45.1. The number of fused-ring (bicyclic) bond motifs is 2. The van der Waals surface area contributed by atoms with Crippen molar-refractivity contribution >= 4 is 79.5 Å². The van der Waals surface area contributed by atoms with Crippen molar-refractivity contribution in [2.45, 2.75) is 320 Å². The van der Waals surface area contributed by atoms with E-state index in [1.54, 1.807) is 0 Å². The van der Waals surface area contributed by atoms with Gasteiger partial charge in [0.25, 0.3) is 0 Å². The van der Waals surface area contributed by atoms with Gasteiger partial charge in [0.2, 0.25) is 0 Å². The molecule has 0 radical (unpaired) electrons. The molecule has 0 aliphatic carbocycles. The molecule has 0 aliphatic heterocycles. The first-order valence-corrected chi connectivity index (χ1v) is 34.8. The maximum Gasteiger partial charge on any atom is 2.00 e. The van der Waals surface area contributed by atoms with Gasteiger partial charge < -0.3 is 9.11 Å².